The van der Waals surface area contributed by atoms with Crippen LogP contribution in [0.2, 0.25) is 0 Å². The van der Waals surface area contributed by atoms with Crippen LogP contribution in [0.3, 0.4) is 0 Å². The first kappa shape index (κ1) is 22.6. The van der Waals surface area contributed by atoms with Gasteiger partial charge in [0, 0.05) is 19.3 Å². The van der Waals surface area contributed by atoms with Crippen LogP contribution in [0.15, 0.2) is 42.6 Å². The Labute approximate surface area is 190 Å². The minimum Gasteiger partial charge on any atom is -0.493 e. The number of ether oxygens (including phenoxy) is 3. The molecule has 2 aromatic rings. The molecule has 1 saturated heterocycles. The molecule has 0 spiro atoms. The van der Waals surface area contributed by atoms with E-state index in [9.17, 15) is 4.79 Å². The molecule has 1 atom stereocenters. The number of hydrogen-bond donors (Lipinski definition) is 0. The number of carbonyl (C=O) groups excluding carboxylic acids is 1. The van der Waals surface area contributed by atoms with E-state index in [1.54, 1.807) is 13.3 Å². The van der Waals surface area contributed by atoms with Crippen molar-refractivity contribution < 1.29 is 19.0 Å². The third-order valence-corrected chi connectivity index (χ3v) is 6.29. The summed E-state index contributed by atoms with van der Waals surface area (Å²) in [6.45, 7) is 1.56. The van der Waals surface area contributed by atoms with Gasteiger partial charge in [-0.3, -0.25) is 9.78 Å². The summed E-state index contributed by atoms with van der Waals surface area (Å²) in [6, 6.07) is 11.8. The predicted octanol–water partition coefficient (Wildman–Crippen LogP) is 4.90. The van der Waals surface area contributed by atoms with E-state index in [1.165, 1.54) is 25.7 Å². The summed E-state index contributed by atoms with van der Waals surface area (Å²) >= 11 is 0. The fourth-order valence-corrected chi connectivity index (χ4v) is 4.54. The molecule has 1 aromatic carbocycles. The number of hydrogen-bond acceptors (Lipinski definition) is 5. The summed E-state index contributed by atoms with van der Waals surface area (Å²) in [7, 11) is 1.67. The second-order valence-corrected chi connectivity index (χ2v) is 8.73. The Kier molecular flexibility index (Phi) is 7.99. The zero-order valence-corrected chi connectivity index (χ0v) is 19.0. The van der Waals surface area contributed by atoms with E-state index in [1.807, 2.05) is 41.3 Å². The molecular formula is C26H34N2O4. The molecule has 1 saturated carbocycles. The van der Waals surface area contributed by atoms with Crippen LogP contribution in [-0.2, 0) is 22.6 Å². The van der Waals surface area contributed by atoms with Gasteiger partial charge < -0.3 is 19.1 Å². The molecule has 6 nitrogen and oxygen atoms in total. The highest BCUT2D eigenvalue weighted by Crippen LogP contribution is 2.32. The predicted molar refractivity (Wildman–Crippen MR) is 123 cm³/mol. The summed E-state index contributed by atoms with van der Waals surface area (Å²) in [5.74, 6) is 1.52. The van der Waals surface area contributed by atoms with Gasteiger partial charge in [0.1, 0.15) is 6.10 Å². The topological polar surface area (TPSA) is 60.9 Å². The van der Waals surface area contributed by atoms with E-state index < -0.39 is 0 Å². The first-order valence-corrected chi connectivity index (χ1v) is 11.9. The maximum atomic E-state index is 13.2. The molecule has 0 bridgehead atoms. The largest absolute Gasteiger partial charge is 0.493 e. The Morgan fingerprint density at radius 1 is 1.03 bits per heavy atom. The first-order chi connectivity index (χ1) is 15.7. The van der Waals surface area contributed by atoms with Gasteiger partial charge in [-0.05, 0) is 68.4 Å². The molecule has 32 heavy (non-hydrogen) atoms. The number of nitrogens with zero attached hydrogens (tertiary/aromatic N) is 2. The molecule has 1 aromatic heterocycles. The maximum absolute atomic E-state index is 13.2. The van der Waals surface area contributed by atoms with Crippen molar-refractivity contribution in [2.24, 2.45) is 0 Å². The number of carbonyl (C=O) groups is 1. The Hall–Kier alpha value is -2.60. The second kappa shape index (κ2) is 11.3. The lowest BCUT2D eigenvalue weighted by molar-refractivity contribution is -0.142. The highest BCUT2D eigenvalue weighted by atomic mass is 16.5. The van der Waals surface area contributed by atoms with Gasteiger partial charge in [-0.1, -0.05) is 25.0 Å². The normalized spacial score (nSPS) is 19.3. The Balaban J connectivity index is 1.49. The van der Waals surface area contributed by atoms with Crippen molar-refractivity contribution in [2.75, 3.05) is 13.7 Å². The van der Waals surface area contributed by atoms with Gasteiger partial charge in [0.2, 0.25) is 0 Å². The third-order valence-electron chi connectivity index (χ3n) is 6.29. The van der Waals surface area contributed by atoms with Gasteiger partial charge >= 0.3 is 0 Å². The molecular weight excluding hydrogens is 404 g/mol. The van der Waals surface area contributed by atoms with Crippen LogP contribution in [-0.4, -0.2) is 41.7 Å². The van der Waals surface area contributed by atoms with Crippen molar-refractivity contribution in [3.8, 4) is 11.5 Å². The number of aromatic nitrogens is 1. The smallest absolute Gasteiger partial charge is 0.252 e. The van der Waals surface area contributed by atoms with Crippen molar-refractivity contribution in [2.45, 2.75) is 76.7 Å². The highest BCUT2D eigenvalue weighted by Gasteiger charge is 2.29. The van der Waals surface area contributed by atoms with E-state index >= 15 is 0 Å². The Morgan fingerprint density at radius 3 is 2.56 bits per heavy atom. The van der Waals surface area contributed by atoms with Crippen LogP contribution in [0.25, 0.3) is 0 Å². The number of pyridine rings is 1. The minimum atomic E-state index is -0.363. The average molecular weight is 439 g/mol. The number of methoxy groups -OCH3 is 1. The quantitative estimate of drug-likeness (QED) is 0.549. The van der Waals surface area contributed by atoms with E-state index in [0.717, 1.165) is 42.7 Å². The average Bonchev–Trinajstić information content (AvgIpc) is 3.25. The molecule has 2 aliphatic rings. The molecule has 1 aliphatic carbocycles. The van der Waals surface area contributed by atoms with Crippen LogP contribution >= 0.6 is 0 Å². The van der Waals surface area contributed by atoms with Gasteiger partial charge in [-0.25, -0.2) is 0 Å². The van der Waals surface area contributed by atoms with Crippen LogP contribution in [0.5, 0.6) is 11.5 Å². The van der Waals surface area contributed by atoms with E-state index in [0.29, 0.717) is 25.4 Å². The van der Waals surface area contributed by atoms with E-state index in [-0.39, 0.29) is 18.1 Å². The van der Waals surface area contributed by atoms with Crippen LogP contribution in [0, 0.1) is 0 Å². The number of amides is 1. The molecule has 2 heterocycles. The molecule has 4 rings (SSSR count). The van der Waals surface area contributed by atoms with Gasteiger partial charge in [0.25, 0.3) is 5.91 Å². The van der Waals surface area contributed by atoms with Crippen molar-refractivity contribution in [1.29, 1.82) is 0 Å². The molecule has 172 valence electrons. The summed E-state index contributed by atoms with van der Waals surface area (Å²) < 4.78 is 17.6. The fraction of sp³-hybridized carbons (Fsp3) is 0.538. The monoisotopic (exact) mass is 438 g/mol. The number of rotatable bonds is 8. The van der Waals surface area contributed by atoms with Crippen molar-refractivity contribution in [3.63, 3.8) is 0 Å². The van der Waals surface area contributed by atoms with Crippen LogP contribution < -0.4 is 9.47 Å². The maximum Gasteiger partial charge on any atom is 0.252 e. The third kappa shape index (κ3) is 6.00. The molecule has 1 aliphatic heterocycles. The molecule has 1 amide bonds. The van der Waals surface area contributed by atoms with Gasteiger partial charge in [-0.2, -0.15) is 0 Å². The zero-order chi connectivity index (χ0) is 22.2. The zero-order valence-electron chi connectivity index (χ0n) is 19.0. The number of benzene rings is 1. The van der Waals surface area contributed by atoms with E-state index in [2.05, 4.69) is 4.98 Å². The molecule has 2 fully saturated rings. The lowest BCUT2D eigenvalue weighted by atomic mass is 10.1. The molecule has 0 N–H and O–H groups in total. The fourth-order valence-electron chi connectivity index (χ4n) is 4.54. The Morgan fingerprint density at radius 2 is 1.88 bits per heavy atom. The van der Waals surface area contributed by atoms with Crippen molar-refractivity contribution in [1.82, 2.24) is 9.88 Å². The minimum absolute atomic E-state index is 0.0194. The highest BCUT2D eigenvalue weighted by molar-refractivity contribution is 5.81. The summed E-state index contributed by atoms with van der Waals surface area (Å²) in [4.78, 5) is 19.4. The van der Waals surface area contributed by atoms with Gasteiger partial charge in [0.05, 0.1) is 25.5 Å². The SMILES string of the molecule is COc1cc(CN(Cc2ccccn2)C(=O)[C@@H]2CCCO2)ccc1OC1CCCCCC1. The first-order valence-electron chi connectivity index (χ1n) is 11.9. The lowest BCUT2D eigenvalue weighted by Crippen LogP contribution is -2.38. The molecule has 0 unspecified atom stereocenters. The summed E-state index contributed by atoms with van der Waals surface area (Å²) in [5, 5.41) is 0. The molecule has 6 heteroatoms. The Bertz CT molecular complexity index is 859. The molecule has 0 radical (unpaired) electrons. The summed E-state index contributed by atoms with van der Waals surface area (Å²) in [5.41, 5.74) is 1.86. The lowest BCUT2D eigenvalue weighted by Gasteiger charge is -2.26. The van der Waals surface area contributed by atoms with Gasteiger partial charge in [-0.15, -0.1) is 0 Å². The van der Waals surface area contributed by atoms with Gasteiger partial charge in [0.15, 0.2) is 11.5 Å². The van der Waals surface area contributed by atoms with Crippen molar-refractivity contribution >= 4 is 5.91 Å². The van der Waals surface area contributed by atoms with Crippen molar-refractivity contribution in [3.05, 3.63) is 53.9 Å². The standard InChI is InChI=1S/C26H34N2O4/c1-30-25-17-20(13-14-23(25)32-22-10-4-2-3-5-11-22)18-28(19-21-9-6-7-15-27-21)26(29)24-12-8-16-31-24/h6-7,9,13-15,17,22,24H,2-5,8,10-12,16,18-19H2,1H3/t24-/m0/s1. The van der Waals surface area contributed by atoms with Crippen LogP contribution in [0.1, 0.15) is 62.6 Å². The van der Waals surface area contributed by atoms with E-state index in [4.69, 9.17) is 14.2 Å². The summed E-state index contributed by atoms with van der Waals surface area (Å²) in [6.07, 6.45) is 10.6. The second-order valence-electron chi connectivity index (χ2n) is 8.73. The van der Waals surface area contributed by atoms with Crippen LogP contribution in [0.4, 0.5) is 0 Å².